The monoisotopic (exact) mass is 210 g/mol. The van der Waals surface area contributed by atoms with Crippen molar-refractivity contribution in [2.24, 2.45) is 5.73 Å². The molecule has 0 aliphatic heterocycles. The maximum absolute atomic E-state index is 11.8. The van der Waals surface area contributed by atoms with Gasteiger partial charge in [0, 0.05) is 18.3 Å². The molecule has 2 N–H and O–H groups in total. The Morgan fingerprint density at radius 2 is 2.20 bits per heavy atom. The third-order valence-corrected chi connectivity index (χ3v) is 1.86. The van der Waals surface area contributed by atoms with Crippen LogP contribution in [0.5, 0.6) is 5.75 Å². The van der Waals surface area contributed by atoms with Crippen LogP contribution in [0.25, 0.3) is 0 Å². The summed E-state index contributed by atoms with van der Waals surface area (Å²) in [5.41, 5.74) is 5.32. The first-order valence-electron chi connectivity index (χ1n) is 5.05. The van der Waals surface area contributed by atoms with Crippen molar-refractivity contribution in [1.82, 2.24) is 4.57 Å². The highest BCUT2D eigenvalue weighted by atomic mass is 16.5. The summed E-state index contributed by atoms with van der Waals surface area (Å²) in [7, 11) is 0. The Labute approximate surface area is 89.7 Å². The summed E-state index contributed by atoms with van der Waals surface area (Å²) >= 11 is 0. The second-order valence-electron chi connectivity index (χ2n) is 4.23. The topological polar surface area (TPSA) is 57.2 Å². The zero-order valence-corrected chi connectivity index (χ0v) is 9.49. The van der Waals surface area contributed by atoms with Gasteiger partial charge in [0.15, 0.2) is 5.75 Å². The molecule has 1 heterocycles. The van der Waals surface area contributed by atoms with Gasteiger partial charge in [-0.05, 0) is 32.9 Å². The average Bonchev–Trinajstić information content (AvgIpc) is 2.10. The van der Waals surface area contributed by atoms with E-state index in [1.807, 2.05) is 20.8 Å². The molecule has 15 heavy (non-hydrogen) atoms. The highest BCUT2D eigenvalue weighted by Gasteiger charge is 2.13. The van der Waals surface area contributed by atoms with Gasteiger partial charge in [-0.3, -0.25) is 4.79 Å². The molecular formula is C11H18N2O2. The molecule has 1 aromatic heterocycles. The first kappa shape index (κ1) is 11.8. The maximum atomic E-state index is 11.8. The second kappa shape index (κ2) is 4.49. The minimum absolute atomic E-state index is 0.127. The normalized spacial score (nSPS) is 11.5. The quantitative estimate of drug-likeness (QED) is 0.806. The zero-order chi connectivity index (χ0) is 11.5. The number of rotatable bonds is 4. The number of nitrogens with two attached hydrogens (primary N) is 1. The minimum atomic E-state index is -0.408. The molecular weight excluding hydrogens is 192 g/mol. The standard InChI is InChI=1S/C11H18N2O2/c1-4-15-9-6-5-7-13(10(9)14)8-11(2,3)12/h5-7H,4,8,12H2,1-3H3. The van der Waals surface area contributed by atoms with E-state index < -0.39 is 5.54 Å². The molecule has 84 valence electrons. The van der Waals surface area contributed by atoms with E-state index in [0.717, 1.165) is 0 Å². The van der Waals surface area contributed by atoms with Crippen LogP contribution in [-0.2, 0) is 6.54 Å². The Bertz CT molecular complexity index is 377. The Morgan fingerprint density at radius 3 is 2.73 bits per heavy atom. The summed E-state index contributed by atoms with van der Waals surface area (Å²) in [6.07, 6.45) is 1.72. The number of pyridine rings is 1. The molecule has 0 bridgehead atoms. The van der Waals surface area contributed by atoms with Crippen LogP contribution in [0.4, 0.5) is 0 Å². The molecule has 0 radical (unpaired) electrons. The first-order chi connectivity index (χ1) is 6.94. The lowest BCUT2D eigenvalue weighted by Crippen LogP contribution is -2.40. The molecule has 4 nitrogen and oxygen atoms in total. The summed E-state index contributed by atoms with van der Waals surface area (Å²) in [5.74, 6) is 0.379. The van der Waals surface area contributed by atoms with Gasteiger partial charge in [-0.15, -0.1) is 0 Å². The maximum Gasteiger partial charge on any atom is 0.292 e. The summed E-state index contributed by atoms with van der Waals surface area (Å²) in [4.78, 5) is 11.8. The van der Waals surface area contributed by atoms with Crippen molar-refractivity contribution >= 4 is 0 Å². The molecule has 0 saturated heterocycles. The Balaban J connectivity index is 3.00. The van der Waals surface area contributed by atoms with Gasteiger partial charge in [-0.2, -0.15) is 0 Å². The van der Waals surface area contributed by atoms with Gasteiger partial charge >= 0.3 is 0 Å². The van der Waals surface area contributed by atoms with E-state index in [4.69, 9.17) is 10.5 Å². The minimum Gasteiger partial charge on any atom is -0.488 e. The van der Waals surface area contributed by atoms with Crippen molar-refractivity contribution in [2.75, 3.05) is 6.61 Å². The molecule has 0 amide bonds. The van der Waals surface area contributed by atoms with Crippen molar-refractivity contribution in [1.29, 1.82) is 0 Å². The number of aromatic nitrogens is 1. The van der Waals surface area contributed by atoms with Crippen LogP contribution in [0, 0.1) is 0 Å². The SMILES string of the molecule is CCOc1cccn(CC(C)(C)N)c1=O. The first-order valence-corrected chi connectivity index (χ1v) is 5.05. The van der Waals surface area contributed by atoms with E-state index in [9.17, 15) is 4.79 Å². The lowest BCUT2D eigenvalue weighted by molar-refractivity contribution is 0.328. The van der Waals surface area contributed by atoms with Crippen LogP contribution in [0.1, 0.15) is 20.8 Å². The molecule has 0 atom stereocenters. The van der Waals surface area contributed by atoms with Crippen LogP contribution in [-0.4, -0.2) is 16.7 Å². The van der Waals surface area contributed by atoms with Gasteiger partial charge in [0.25, 0.3) is 5.56 Å². The summed E-state index contributed by atoms with van der Waals surface area (Å²) in [6, 6.07) is 3.46. The van der Waals surface area contributed by atoms with Gasteiger partial charge in [0.2, 0.25) is 0 Å². The van der Waals surface area contributed by atoms with Crippen LogP contribution in [0.15, 0.2) is 23.1 Å². The molecule has 0 aliphatic carbocycles. The van der Waals surface area contributed by atoms with Crippen LogP contribution < -0.4 is 16.0 Å². The highest BCUT2D eigenvalue weighted by molar-refractivity contribution is 5.17. The number of ether oxygens (including phenoxy) is 1. The van der Waals surface area contributed by atoms with Crippen molar-refractivity contribution in [3.8, 4) is 5.75 Å². The van der Waals surface area contributed by atoms with Gasteiger partial charge in [-0.25, -0.2) is 0 Å². The lowest BCUT2D eigenvalue weighted by atomic mass is 10.1. The molecule has 1 rings (SSSR count). The molecule has 0 aromatic carbocycles. The summed E-state index contributed by atoms with van der Waals surface area (Å²) in [6.45, 7) is 6.58. The molecule has 1 aromatic rings. The van der Waals surface area contributed by atoms with Crippen LogP contribution in [0.3, 0.4) is 0 Å². The molecule has 0 spiro atoms. The van der Waals surface area contributed by atoms with Crippen molar-refractivity contribution < 1.29 is 4.74 Å². The molecule has 0 unspecified atom stereocenters. The van der Waals surface area contributed by atoms with E-state index in [-0.39, 0.29) is 5.56 Å². The fourth-order valence-corrected chi connectivity index (χ4v) is 1.34. The van der Waals surface area contributed by atoms with Gasteiger partial charge in [0.05, 0.1) is 6.61 Å². The van der Waals surface area contributed by atoms with E-state index in [1.54, 1.807) is 22.9 Å². The third-order valence-electron chi connectivity index (χ3n) is 1.86. The van der Waals surface area contributed by atoms with Crippen molar-refractivity contribution in [3.05, 3.63) is 28.7 Å². The van der Waals surface area contributed by atoms with Gasteiger partial charge in [0.1, 0.15) is 0 Å². The zero-order valence-electron chi connectivity index (χ0n) is 9.49. The molecule has 0 fully saturated rings. The summed E-state index contributed by atoms with van der Waals surface area (Å²) in [5, 5.41) is 0. The fraction of sp³-hybridized carbons (Fsp3) is 0.545. The highest BCUT2D eigenvalue weighted by Crippen LogP contribution is 2.05. The third kappa shape index (κ3) is 3.40. The van der Waals surface area contributed by atoms with Crippen LogP contribution >= 0.6 is 0 Å². The van der Waals surface area contributed by atoms with Crippen LogP contribution in [0.2, 0.25) is 0 Å². The number of nitrogens with zero attached hydrogens (tertiary/aromatic N) is 1. The largest absolute Gasteiger partial charge is 0.488 e. The van der Waals surface area contributed by atoms with Crippen molar-refractivity contribution in [3.63, 3.8) is 0 Å². The molecule has 0 saturated carbocycles. The molecule has 4 heteroatoms. The lowest BCUT2D eigenvalue weighted by Gasteiger charge is -2.20. The van der Waals surface area contributed by atoms with E-state index >= 15 is 0 Å². The average molecular weight is 210 g/mol. The Hall–Kier alpha value is -1.29. The number of hydrogen-bond donors (Lipinski definition) is 1. The fourth-order valence-electron chi connectivity index (χ4n) is 1.34. The Morgan fingerprint density at radius 1 is 1.53 bits per heavy atom. The van der Waals surface area contributed by atoms with Gasteiger partial charge < -0.3 is 15.0 Å². The smallest absolute Gasteiger partial charge is 0.292 e. The van der Waals surface area contributed by atoms with E-state index in [2.05, 4.69) is 0 Å². The molecule has 0 aliphatic rings. The van der Waals surface area contributed by atoms with Gasteiger partial charge in [-0.1, -0.05) is 0 Å². The number of hydrogen-bond acceptors (Lipinski definition) is 3. The second-order valence-corrected chi connectivity index (χ2v) is 4.23. The predicted molar refractivity (Wildman–Crippen MR) is 60.1 cm³/mol. The summed E-state index contributed by atoms with van der Waals surface area (Å²) < 4.78 is 6.79. The van der Waals surface area contributed by atoms with Crippen molar-refractivity contribution in [2.45, 2.75) is 32.9 Å². The predicted octanol–water partition coefficient (Wildman–Crippen LogP) is 0.984. The van der Waals surface area contributed by atoms with E-state index in [1.165, 1.54) is 0 Å². The van der Waals surface area contributed by atoms with E-state index in [0.29, 0.717) is 18.9 Å². The Kier molecular flexibility index (Phi) is 3.52.